The zero-order chi connectivity index (χ0) is 9.84. The topological polar surface area (TPSA) is 55.1 Å². The fraction of sp³-hybridized carbons (Fsp3) is 0.250. The summed E-state index contributed by atoms with van der Waals surface area (Å²) in [4.78, 5) is 0. The SMILES string of the molecule is CCS(=O)Nc1ccc(Br)c(N)c1. The second kappa shape index (κ2) is 4.62. The number of hydrogen-bond acceptors (Lipinski definition) is 2. The highest BCUT2D eigenvalue weighted by Crippen LogP contribution is 2.22. The summed E-state index contributed by atoms with van der Waals surface area (Å²) in [6.07, 6.45) is 0. The van der Waals surface area contributed by atoms with Crippen LogP contribution in [0.5, 0.6) is 0 Å². The zero-order valence-electron chi connectivity index (χ0n) is 7.21. The number of nitrogen functional groups attached to an aromatic ring is 1. The third-order valence-electron chi connectivity index (χ3n) is 1.49. The minimum Gasteiger partial charge on any atom is -0.398 e. The third kappa shape index (κ3) is 3.00. The molecule has 0 amide bonds. The van der Waals surface area contributed by atoms with E-state index in [2.05, 4.69) is 20.7 Å². The van der Waals surface area contributed by atoms with Crippen molar-refractivity contribution in [2.45, 2.75) is 6.92 Å². The standard InChI is InChI=1S/C8H11BrN2OS/c1-2-13(12)11-6-3-4-7(9)8(10)5-6/h3-5,11H,2,10H2,1H3. The van der Waals surface area contributed by atoms with Crippen LogP contribution in [-0.4, -0.2) is 9.96 Å². The predicted molar refractivity (Wildman–Crippen MR) is 60.9 cm³/mol. The first-order valence-corrected chi connectivity index (χ1v) is 5.94. The van der Waals surface area contributed by atoms with Crippen molar-refractivity contribution in [3.8, 4) is 0 Å². The molecule has 1 rings (SSSR count). The monoisotopic (exact) mass is 262 g/mol. The molecule has 72 valence electrons. The van der Waals surface area contributed by atoms with E-state index in [1.807, 2.05) is 19.1 Å². The smallest absolute Gasteiger partial charge is 0.116 e. The Kier molecular flexibility index (Phi) is 3.74. The first-order valence-electron chi connectivity index (χ1n) is 3.83. The van der Waals surface area contributed by atoms with E-state index in [1.165, 1.54) is 0 Å². The number of rotatable bonds is 3. The number of benzene rings is 1. The maximum atomic E-state index is 11.1. The van der Waals surface area contributed by atoms with Crippen LogP contribution in [0.25, 0.3) is 0 Å². The zero-order valence-corrected chi connectivity index (χ0v) is 9.61. The van der Waals surface area contributed by atoms with Crippen LogP contribution in [-0.2, 0) is 11.0 Å². The van der Waals surface area contributed by atoms with Gasteiger partial charge in [0, 0.05) is 21.6 Å². The average Bonchev–Trinajstić information content (AvgIpc) is 2.11. The Labute approximate surface area is 88.4 Å². The van der Waals surface area contributed by atoms with Crippen molar-refractivity contribution in [1.29, 1.82) is 0 Å². The quantitative estimate of drug-likeness (QED) is 0.821. The first kappa shape index (κ1) is 10.5. The molecule has 3 N–H and O–H groups in total. The van der Waals surface area contributed by atoms with E-state index in [0.29, 0.717) is 11.4 Å². The van der Waals surface area contributed by atoms with E-state index in [1.54, 1.807) is 6.07 Å². The Balaban J connectivity index is 2.79. The number of nitrogens with one attached hydrogen (secondary N) is 1. The summed E-state index contributed by atoms with van der Waals surface area (Å²) in [5.41, 5.74) is 7.07. The van der Waals surface area contributed by atoms with E-state index in [9.17, 15) is 4.21 Å². The molecular formula is C8H11BrN2OS. The molecule has 1 aromatic carbocycles. The van der Waals surface area contributed by atoms with Crippen molar-refractivity contribution in [2.75, 3.05) is 16.2 Å². The first-order chi connectivity index (χ1) is 6.13. The minimum atomic E-state index is -1.01. The molecule has 3 nitrogen and oxygen atoms in total. The van der Waals surface area contributed by atoms with Gasteiger partial charge in [-0.15, -0.1) is 0 Å². The molecule has 0 heterocycles. The lowest BCUT2D eigenvalue weighted by Gasteiger charge is -2.05. The van der Waals surface area contributed by atoms with Crippen molar-refractivity contribution in [2.24, 2.45) is 0 Å². The molecule has 0 fully saturated rings. The summed E-state index contributed by atoms with van der Waals surface area (Å²) in [6, 6.07) is 5.40. The van der Waals surface area contributed by atoms with Crippen LogP contribution in [0, 0.1) is 0 Å². The van der Waals surface area contributed by atoms with Crippen LogP contribution >= 0.6 is 15.9 Å². The van der Waals surface area contributed by atoms with Gasteiger partial charge in [-0.05, 0) is 34.1 Å². The predicted octanol–water partition coefficient (Wildman–Crippen LogP) is 2.13. The summed E-state index contributed by atoms with van der Waals surface area (Å²) in [7, 11) is -1.01. The Hall–Kier alpha value is -0.550. The molecule has 0 aliphatic heterocycles. The molecule has 0 radical (unpaired) electrons. The fourth-order valence-electron chi connectivity index (χ4n) is 0.811. The second-order valence-electron chi connectivity index (χ2n) is 2.47. The van der Waals surface area contributed by atoms with Crippen LogP contribution in [0.4, 0.5) is 11.4 Å². The highest BCUT2D eigenvalue weighted by Gasteiger charge is 1.99. The number of nitrogens with two attached hydrogens (primary N) is 1. The maximum Gasteiger partial charge on any atom is 0.116 e. The normalized spacial score (nSPS) is 12.5. The Bertz CT molecular complexity index is 330. The van der Waals surface area contributed by atoms with Gasteiger partial charge in [0.15, 0.2) is 0 Å². The lowest BCUT2D eigenvalue weighted by molar-refractivity contribution is 0.687. The molecule has 0 aromatic heterocycles. The van der Waals surface area contributed by atoms with Crippen LogP contribution in [0.2, 0.25) is 0 Å². The molecule has 0 aliphatic rings. The van der Waals surface area contributed by atoms with Gasteiger partial charge in [0.25, 0.3) is 0 Å². The lowest BCUT2D eigenvalue weighted by atomic mass is 10.3. The summed E-state index contributed by atoms with van der Waals surface area (Å²) in [6.45, 7) is 1.85. The van der Waals surface area contributed by atoms with E-state index in [4.69, 9.17) is 5.73 Å². The Morgan fingerprint density at radius 3 is 2.85 bits per heavy atom. The highest BCUT2D eigenvalue weighted by atomic mass is 79.9. The van der Waals surface area contributed by atoms with Crippen LogP contribution in [0.3, 0.4) is 0 Å². The van der Waals surface area contributed by atoms with Crippen molar-refractivity contribution in [3.05, 3.63) is 22.7 Å². The lowest BCUT2D eigenvalue weighted by Crippen LogP contribution is -2.06. The molecule has 5 heteroatoms. The summed E-state index contributed by atoms with van der Waals surface area (Å²) >= 11 is 3.28. The molecule has 1 unspecified atom stereocenters. The minimum absolute atomic E-state index is 0.579. The van der Waals surface area contributed by atoms with Gasteiger partial charge in [0.1, 0.15) is 11.0 Å². The van der Waals surface area contributed by atoms with Crippen LogP contribution in [0.15, 0.2) is 22.7 Å². The van der Waals surface area contributed by atoms with E-state index >= 15 is 0 Å². The van der Waals surface area contributed by atoms with Gasteiger partial charge in [-0.2, -0.15) is 0 Å². The van der Waals surface area contributed by atoms with Crippen molar-refractivity contribution in [3.63, 3.8) is 0 Å². The van der Waals surface area contributed by atoms with E-state index in [0.717, 1.165) is 10.2 Å². The van der Waals surface area contributed by atoms with Crippen LogP contribution < -0.4 is 10.5 Å². The van der Waals surface area contributed by atoms with Gasteiger partial charge in [-0.25, -0.2) is 4.21 Å². The fourth-order valence-corrected chi connectivity index (χ4v) is 1.59. The number of halogens is 1. The molecule has 1 aromatic rings. The number of hydrogen-bond donors (Lipinski definition) is 2. The molecule has 0 spiro atoms. The maximum absolute atomic E-state index is 11.1. The molecule has 0 aliphatic carbocycles. The Morgan fingerprint density at radius 1 is 1.62 bits per heavy atom. The van der Waals surface area contributed by atoms with Gasteiger partial charge in [-0.3, -0.25) is 0 Å². The highest BCUT2D eigenvalue weighted by molar-refractivity contribution is 9.10. The Morgan fingerprint density at radius 2 is 2.31 bits per heavy atom. The third-order valence-corrected chi connectivity index (χ3v) is 3.20. The van der Waals surface area contributed by atoms with E-state index in [-0.39, 0.29) is 0 Å². The van der Waals surface area contributed by atoms with E-state index < -0.39 is 11.0 Å². The van der Waals surface area contributed by atoms with Crippen molar-refractivity contribution in [1.82, 2.24) is 0 Å². The molecule has 1 atom stereocenters. The summed E-state index contributed by atoms with van der Waals surface area (Å²) in [5.74, 6) is 0.579. The van der Waals surface area contributed by atoms with Crippen LogP contribution in [0.1, 0.15) is 6.92 Å². The van der Waals surface area contributed by atoms with Crippen molar-refractivity contribution >= 4 is 38.3 Å². The van der Waals surface area contributed by atoms with Gasteiger partial charge in [0.2, 0.25) is 0 Å². The van der Waals surface area contributed by atoms with Crippen molar-refractivity contribution < 1.29 is 4.21 Å². The van der Waals surface area contributed by atoms with Gasteiger partial charge in [-0.1, -0.05) is 6.92 Å². The molecule has 13 heavy (non-hydrogen) atoms. The summed E-state index contributed by atoms with van der Waals surface area (Å²) in [5, 5.41) is 0. The van der Waals surface area contributed by atoms with Gasteiger partial charge in [0.05, 0.1) is 0 Å². The molecular weight excluding hydrogens is 252 g/mol. The largest absolute Gasteiger partial charge is 0.398 e. The van der Waals surface area contributed by atoms with Gasteiger partial charge < -0.3 is 10.5 Å². The summed E-state index contributed by atoms with van der Waals surface area (Å²) < 4.78 is 14.8. The number of anilines is 2. The average molecular weight is 263 g/mol. The molecule has 0 saturated carbocycles. The second-order valence-corrected chi connectivity index (χ2v) is 4.80. The van der Waals surface area contributed by atoms with Gasteiger partial charge >= 0.3 is 0 Å². The molecule has 0 bridgehead atoms. The molecule has 0 saturated heterocycles.